The van der Waals surface area contributed by atoms with E-state index in [1.54, 1.807) is 45.0 Å². The van der Waals surface area contributed by atoms with E-state index in [9.17, 15) is 4.79 Å². The third-order valence-electron chi connectivity index (χ3n) is 2.75. The van der Waals surface area contributed by atoms with Crippen LogP contribution in [0.1, 0.15) is 20.8 Å². The molecule has 0 N–H and O–H groups in total. The van der Waals surface area contributed by atoms with Crippen molar-refractivity contribution in [3.63, 3.8) is 0 Å². The van der Waals surface area contributed by atoms with Gasteiger partial charge in [0.2, 0.25) is 0 Å². The van der Waals surface area contributed by atoms with Gasteiger partial charge in [-0.05, 0) is 45.0 Å². The van der Waals surface area contributed by atoms with E-state index < -0.39 is 18.2 Å². The minimum absolute atomic E-state index is 0.189. The van der Waals surface area contributed by atoms with Crippen LogP contribution in [-0.2, 0) is 23.7 Å². The van der Waals surface area contributed by atoms with Gasteiger partial charge in [-0.25, -0.2) is 4.79 Å². The average Bonchev–Trinajstić information content (AvgIpc) is 2.56. The lowest BCUT2D eigenvalue weighted by molar-refractivity contribution is -0.411. The Morgan fingerprint density at radius 3 is 2.21 bits per heavy atom. The predicted octanol–water partition coefficient (Wildman–Crippen LogP) is 3.54. The zero-order valence-corrected chi connectivity index (χ0v) is 14.9. The van der Waals surface area contributed by atoms with Gasteiger partial charge in [-0.2, -0.15) is 0 Å². The van der Waals surface area contributed by atoms with E-state index in [0.717, 1.165) is 6.08 Å². The van der Waals surface area contributed by atoms with E-state index in [-0.39, 0.29) is 6.61 Å². The first-order chi connectivity index (χ1) is 11.5. The average molecular weight is 359 g/mol. The van der Waals surface area contributed by atoms with Crippen molar-refractivity contribution in [2.24, 2.45) is 0 Å². The van der Waals surface area contributed by atoms with Crippen molar-refractivity contribution in [1.82, 2.24) is 0 Å². The van der Waals surface area contributed by atoms with Gasteiger partial charge in [0.05, 0.1) is 6.61 Å². The van der Waals surface area contributed by atoms with Crippen molar-refractivity contribution in [2.75, 3.05) is 19.8 Å². The molecule has 7 heteroatoms. The van der Waals surface area contributed by atoms with Crippen molar-refractivity contribution in [2.45, 2.75) is 33.0 Å². The highest BCUT2D eigenvalue weighted by Crippen LogP contribution is 2.28. The second-order valence-corrected chi connectivity index (χ2v) is 4.90. The summed E-state index contributed by atoms with van der Waals surface area (Å²) in [6, 6.07) is 6.51. The van der Waals surface area contributed by atoms with Gasteiger partial charge < -0.3 is 23.7 Å². The summed E-state index contributed by atoms with van der Waals surface area (Å²) < 4.78 is 27.8. The lowest BCUT2D eigenvalue weighted by atomic mass is 10.3. The van der Waals surface area contributed by atoms with E-state index >= 15 is 0 Å². The molecular formula is C17H23ClO6. The van der Waals surface area contributed by atoms with E-state index in [1.807, 2.05) is 0 Å². The second-order valence-electron chi connectivity index (χ2n) is 4.46. The number of carbonyl (C=O) groups excluding carboxylic acids is 1. The molecule has 134 valence electrons. The van der Waals surface area contributed by atoms with E-state index in [2.05, 4.69) is 6.58 Å². The van der Waals surface area contributed by atoms with Gasteiger partial charge >= 0.3 is 11.9 Å². The van der Waals surface area contributed by atoms with E-state index in [4.69, 9.17) is 35.3 Å². The quantitative estimate of drug-likeness (QED) is 0.342. The molecule has 1 unspecified atom stereocenters. The molecule has 0 fully saturated rings. The number of ether oxygens (including phenoxy) is 5. The maximum atomic E-state index is 11.8. The molecular weight excluding hydrogens is 336 g/mol. The molecule has 0 aliphatic carbocycles. The monoisotopic (exact) mass is 358 g/mol. The number of hydrogen-bond acceptors (Lipinski definition) is 6. The molecule has 0 amide bonds. The molecule has 0 saturated heterocycles. The van der Waals surface area contributed by atoms with Crippen molar-refractivity contribution >= 4 is 17.6 Å². The minimum atomic E-state index is -1.92. The Morgan fingerprint density at radius 2 is 1.75 bits per heavy atom. The molecule has 0 heterocycles. The van der Waals surface area contributed by atoms with Gasteiger partial charge in [0, 0.05) is 24.3 Å². The fraction of sp³-hybridized carbons (Fsp3) is 0.471. The highest BCUT2D eigenvalue weighted by molar-refractivity contribution is 6.30. The van der Waals surface area contributed by atoms with Crippen molar-refractivity contribution in [1.29, 1.82) is 0 Å². The third kappa shape index (κ3) is 5.79. The Kier molecular flexibility index (Phi) is 8.78. The lowest BCUT2D eigenvalue weighted by Crippen LogP contribution is -2.55. The molecule has 24 heavy (non-hydrogen) atoms. The number of rotatable bonds is 11. The van der Waals surface area contributed by atoms with Crippen LogP contribution < -0.4 is 4.74 Å². The van der Waals surface area contributed by atoms with Crippen LogP contribution in [0.25, 0.3) is 0 Å². The molecule has 1 atom stereocenters. The van der Waals surface area contributed by atoms with Crippen molar-refractivity contribution in [3.8, 4) is 5.75 Å². The first kappa shape index (κ1) is 20.4. The Balaban J connectivity index is 3.23. The van der Waals surface area contributed by atoms with E-state index in [0.29, 0.717) is 24.0 Å². The summed E-state index contributed by atoms with van der Waals surface area (Å²) in [5.41, 5.74) is 0. The smallest absolute Gasteiger partial charge is 0.426 e. The Bertz CT molecular complexity index is 512. The zero-order chi connectivity index (χ0) is 18.0. The van der Waals surface area contributed by atoms with Crippen LogP contribution in [0.2, 0.25) is 5.02 Å². The first-order valence-corrected chi connectivity index (χ1v) is 8.06. The molecule has 0 aromatic heterocycles. The SMILES string of the molecule is C=CC(=O)OC(OCC)(Oc1ccc(Cl)cc1)C(OCC)OCC. The Morgan fingerprint density at radius 1 is 1.17 bits per heavy atom. The van der Waals surface area contributed by atoms with Crippen LogP contribution in [0, 0.1) is 0 Å². The largest absolute Gasteiger partial charge is 0.428 e. The lowest BCUT2D eigenvalue weighted by Gasteiger charge is -2.37. The Labute approximate surface area is 147 Å². The van der Waals surface area contributed by atoms with Gasteiger partial charge in [0.1, 0.15) is 5.75 Å². The fourth-order valence-corrected chi connectivity index (χ4v) is 1.97. The van der Waals surface area contributed by atoms with Crippen molar-refractivity contribution < 1.29 is 28.5 Å². The predicted molar refractivity (Wildman–Crippen MR) is 89.8 cm³/mol. The zero-order valence-electron chi connectivity index (χ0n) is 14.1. The van der Waals surface area contributed by atoms with Gasteiger partial charge in [0.15, 0.2) is 0 Å². The number of carbonyl (C=O) groups is 1. The van der Waals surface area contributed by atoms with Crippen LogP contribution in [0.4, 0.5) is 0 Å². The molecule has 0 bridgehead atoms. The second kappa shape index (κ2) is 10.3. The number of benzene rings is 1. The Hall–Kier alpha value is -1.60. The van der Waals surface area contributed by atoms with Gasteiger partial charge in [-0.3, -0.25) is 0 Å². The summed E-state index contributed by atoms with van der Waals surface area (Å²) in [5, 5.41) is 0.540. The molecule has 0 aliphatic rings. The maximum Gasteiger partial charge on any atom is 0.428 e. The summed E-state index contributed by atoms with van der Waals surface area (Å²) in [4.78, 5) is 11.8. The number of hydrogen-bond donors (Lipinski definition) is 0. The molecule has 1 aromatic carbocycles. The fourth-order valence-electron chi connectivity index (χ4n) is 1.85. The summed E-state index contributed by atoms with van der Waals surface area (Å²) >= 11 is 5.88. The molecule has 6 nitrogen and oxygen atoms in total. The van der Waals surface area contributed by atoms with Crippen LogP contribution in [0.3, 0.4) is 0 Å². The normalized spacial score (nSPS) is 13.4. The molecule has 0 saturated carbocycles. The van der Waals surface area contributed by atoms with Gasteiger partial charge in [-0.1, -0.05) is 18.2 Å². The molecule has 1 rings (SSSR count). The maximum absolute atomic E-state index is 11.8. The summed E-state index contributed by atoms with van der Waals surface area (Å²) in [7, 11) is 0. The molecule has 0 spiro atoms. The van der Waals surface area contributed by atoms with Crippen LogP contribution in [0.15, 0.2) is 36.9 Å². The first-order valence-electron chi connectivity index (χ1n) is 7.68. The molecule has 0 radical (unpaired) electrons. The summed E-state index contributed by atoms with van der Waals surface area (Å²) in [5.74, 6) is -2.28. The highest BCUT2D eigenvalue weighted by Gasteiger charge is 2.49. The molecule has 0 aliphatic heterocycles. The molecule has 1 aromatic rings. The van der Waals surface area contributed by atoms with E-state index in [1.165, 1.54) is 0 Å². The third-order valence-corrected chi connectivity index (χ3v) is 3.01. The van der Waals surface area contributed by atoms with Gasteiger partial charge in [0.25, 0.3) is 6.29 Å². The number of esters is 1. The summed E-state index contributed by atoms with van der Waals surface area (Å²) in [6.45, 7) is 9.47. The topological polar surface area (TPSA) is 63.2 Å². The van der Waals surface area contributed by atoms with Crippen LogP contribution in [-0.4, -0.2) is 38.1 Å². The van der Waals surface area contributed by atoms with Crippen LogP contribution >= 0.6 is 11.6 Å². The minimum Gasteiger partial charge on any atom is -0.426 e. The van der Waals surface area contributed by atoms with Gasteiger partial charge in [-0.15, -0.1) is 0 Å². The number of halogens is 1. The standard InChI is InChI=1S/C17H23ClO6/c1-5-15(19)24-17(22-8-4,16(20-6-2)21-7-3)23-14-11-9-13(18)10-12-14/h5,9-12,16H,1,6-8H2,2-4H3. The van der Waals surface area contributed by atoms with Crippen LogP contribution in [0.5, 0.6) is 5.75 Å². The highest BCUT2D eigenvalue weighted by atomic mass is 35.5. The summed E-state index contributed by atoms with van der Waals surface area (Å²) in [6.07, 6.45) is -0.0828. The van der Waals surface area contributed by atoms with Crippen molar-refractivity contribution in [3.05, 3.63) is 41.9 Å².